The molecule has 0 amide bonds. The molecule has 1 atom stereocenters. The number of carbonyl (C=O) groups is 1. The largest absolute Gasteiger partial charge is 0.497 e. The van der Waals surface area contributed by atoms with E-state index in [9.17, 15) is 4.79 Å². The van der Waals surface area contributed by atoms with Gasteiger partial charge in [0.1, 0.15) is 17.0 Å². The Labute approximate surface area is 266 Å². The minimum absolute atomic E-state index is 0.188. The smallest absolute Gasteiger partial charge is 0.331 e. The third-order valence-corrected chi connectivity index (χ3v) is 9.48. The minimum atomic E-state index is -0.834. The molecule has 0 saturated heterocycles. The highest BCUT2D eigenvalue weighted by Gasteiger charge is 2.52. The van der Waals surface area contributed by atoms with Gasteiger partial charge in [0, 0.05) is 22.7 Å². The average Bonchev–Trinajstić information content (AvgIpc) is 3.29. The van der Waals surface area contributed by atoms with Crippen LogP contribution in [0.15, 0.2) is 66.2 Å². The number of allylic oxidation sites excluding steroid dienone is 1. The summed E-state index contributed by atoms with van der Waals surface area (Å²) >= 11 is 6.29. The molecule has 3 aromatic rings. The lowest BCUT2D eigenvalue weighted by molar-refractivity contribution is -0.147. The number of methoxy groups -OCH3 is 2. The van der Waals surface area contributed by atoms with Crippen LogP contribution in [0.1, 0.15) is 68.2 Å². The number of benzene rings is 3. The van der Waals surface area contributed by atoms with Crippen LogP contribution in [-0.2, 0) is 26.3 Å². The van der Waals surface area contributed by atoms with Crippen molar-refractivity contribution in [1.82, 2.24) is 0 Å². The summed E-state index contributed by atoms with van der Waals surface area (Å²) in [4.78, 5) is 13.4. The lowest BCUT2D eigenvalue weighted by atomic mass is 9.61. The Bertz CT molecular complexity index is 1490. The number of ether oxygens (including phenoxy) is 4. The molecule has 1 spiro atoms. The first kappa shape index (κ1) is 31.9. The van der Waals surface area contributed by atoms with Crippen molar-refractivity contribution >= 4 is 29.3 Å². The zero-order valence-corrected chi connectivity index (χ0v) is 27.3. The maximum Gasteiger partial charge on any atom is 0.331 e. The van der Waals surface area contributed by atoms with E-state index in [0.717, 1.165) is 47.6 Å². The van der Waals surface area contributed by atoms with Crippen molar-refractivity contribution in [2.24, 2.45) is 5.92 Å². The van der Waals surface area contributed by atoms with Crippen molar-refractivity contribution in [2.75, 3.05) is 32.8 Å². The molecular formula is C37H44ClNO5. The normalized spacial score (nSPS) is 21.4. The van der Waals surface area contributed by atoms with Crippen molar-refractivity contribution in [2.45, 2.75) is 70.4 Å². The molecule has 1 saturated carbocycles. The Hall–Kier alpha value is -3.48. The fraction of sp³-hybridized carbons (Fsp3) is 0.432. The van der Waals surface area contributed by atoms with Crippen molar-refractivity contribution < 1.29 is 23.7 Å². The molecule has 0 unspecified atom stereocenters. The molecule has 2 aliphatic carbocycles. The van der Waals surface area contributed by atoms with Crippen LogP contribution >= 0.6 is 11.6 Å². The standard InChI is InChI=1S/C37H44ClNO5/c1-6-44-34-22-33-28(19-26(34)3)20-29(18-25(2)23-43-24-27-10-12-32(41-4)13-11-27)36(33)14-16-37(17-15-36,35(40)42-5)39-31-9-7-8-30(38)21-31/h7-13,19-22,25,39H,6,14-18,23-24H2,1-5H3/t25-,36?,37?/m1/s1. The molecule has 44 heavy (non-hydrogen) atoms. The Balaban J connectivity index is 1.38. The lowest BCUT2D eigenvalue weighted by Gasteiger charge is -2.46. The molecule has 2 aliphatic rings. The number of carbonyl (C=O) groups excluding carboxylic acids is 1. The number of rotatable bonds is 12. The van der Waals surface area contributed by atoms with Crippen LogP contribution in [-0.4, -0.2) is 38.9 Å². The number of anilines is 1. The molecular weight excluding hydrogens is 574 g/mol. The quantitative estimate of drug-likeness (QED) is 0.206. The number of nitrogens with one attached hydrogen (secondary N) is 1. The van der Waals surface area contributed by atoms with Gasteiger partial charge < -0.3 is 24.3 Å². The number of halogens is 1. The maximum atomic E-state index is 13.4. The van der Waals surface area contributed by atoms with E-state index in [2.05, 4.69) is 37.4 Å². The van der Waals surface area contributed by atoms with Gasteiger partial charge >= 0.3 is 5.97 Å². The molecule has 0 radical (unpaired) electrons. The molecule has 0 bridgehead atoms. The highest BCUT2D eigenvalue weighted by atomic mass is 35.5. The second kappa shape index (κ2) is 13.7. The number of esters is 1. The van der Waals surface area contributed by atoms with E-state index in [0.29, 0.717) is 43.6 Å². The van der Waals surface area contributed by atoms with Crippen molar-refractivity contribution in [3.05, 3.63) is 93.5 Å². The molecule has 3 aromatic carbocycles. The molecule has 0 aromatic heterocycles. The summed E-state index contributed by atoms with van der Waals surface area (Å²) in [7, 11) is 3.14. The molecule has 0 heterocycles. The molecule has 5 rings (SSSR count). The summed E-state index contributed by atoms with van der Waals surface area (Å²) in [6.07, 6.45) is 6.16. The van der Waals surface area contributed by atoms with Gasteiger partial charge in [-0.25, -0.2) is 4.79 Å². The van der Waals surface area contributed by atoms with Crippen molar-refractivity contribution in [1.29, 1.82) is 0 Å². The summed E-state index contributed by atoms with van der Waals surface area (Å²) in [5.74, 6) is 1.85. The Morgan fingerprint density at radius 1 is 1.02 bits per heavy atom. The molecule has 234 valence electrons. The Kier molecular flexibility index (Phi) is 9.91. The fourth-order valence-corrected chi connectivity index (χ4v) is 7.14. The highest BCUT2D eigenvalue weighted by molar-refractivity contribution is 6.30. The van der Waals surface area contributed by atoms with Crippen LogP contribution < -0.4 is 14.8 Å². The van der Waals surface area contributed by atoms with Gasteiger partial charge in [-0.1, -0.05) is 48.4 Å². The molecule has 1 N–H and O–H groups in total. The minimum Gasteiger partial charge on any atom is -0.497 e. The number of hydrogen-bond donors (Lipinski definition) is 1. The molecule has 7 heteroatoms. The molecule has 6 nitrogen and oxygen atoms in total. The van der Waals surface area contributed by atoms with Gasteiger partial charge in [0.25, 0.3) is 0 Å². The first-order chi connectivity index (χ1) is 21.2. The zero-order chi connectivity index (χ0) is 31.3. The topological polar surface area (TPSA) is 66.0 Å². The predicted molar refractivity (Wildman–Crippen MR) is 177 cm³/mol. The van der Waals surface area contributed by atoms with Crippen LogP contribution in [0.25, 0.3) is 6.08 Å². The zero-order valence-electron chi connectivity index (χ0n) is 26.5. The first-order valence-corrected chi connectivity index (χ1v) is 15.9. The van der Waals surface area contributed by atoms with E-state index in [1.807, 2.05) is 55.5 Å². The second-order valence-electron chi connectivity index (χ2n) is 12.3. The van der Waals surface area contributed by atoms with Gasteiger partial charge in [-0.15, -0.1) is 0 Å². The number of hydrogen-bond acceptors (Lipinski definition) is 6. The summed E-state index contributed by atoms with van der Waals surface area (Å²) in [6.45, 7) is 8.22. The monoisotopic (exact) mass is 617 g/mol. The predicted octanol–water partition coefficient (Wildman–Crippen LogP) is 8.53. The van der Waals surface area contributed by atoms with Gasteiger partial charge in [0.2, 0.25) is 0 Å². The summed E-state index contributed by atoms with van der Waals surface area (Å²) in [5, 5.41) is 4.16. The number of fused-ring (bicyclic) bond motifs is 2. The third-order valence-electron chi connectivity index (χ3n) is 9.25. The second-order valence-corrected chi connectivity index (χ2v) is 12.7. The molecule has 1 fully saturated rings. The van der Waals surface area contributed by atoms with Crippen LogP contribution in [0.3, 0.4) is 0 Å². The SMILES string of the molecule is CCOc1cc2c(cc1C)C=C(C[C@@H](C)COCc1ccc(OC)cc1)C21CCC(Nc2cccc(Cl)c2)(C(=O)OC)CC1. The van der Waals surface area contributed by atoms with Gasteiger partial charge in [-0.2, -0.15) is 0 Å². The van der Waals surface area contributed by atoms with E-state index in [-0.39, 0.29) is 11.4 Å². The van der Waals surface area contributed by atoms with Crippen LogP contribution in [0.5, 0.6) is 11.5 Å². The average molecular weight is 618 g/mol. The highest BCUT2D eigenvalue weighted by Crippen LogP contribution is 2.56. The summed E-state index contributed by atoms with van der Waals surface area (Å²) in [5.41, 5.74) is 6.01. The molecule has 0 aliphatic heterocycles. The fourth-order valence-electron chi connectivity index (χ4n) is 6.95. The lowest BCUT2D eigenvalue weighted by Crippen LogP contribution is -2.52. The van der Waals surface area contributed by atoms with E-state index in [1.165, 1.54) is 23.8 Å². The maximum absolute atomic E-state index is 13.4. The Morgan fingerprint density at radius 2 is 1.77 bits per heavy atom. The van der Waals surface area contributed by atoms with Gasteiger partial charge in [-0.05, 0) is 117 Å². The third kappa shape index (κ3) is 6.62. The Morgan fingerprint density at radius 3 is 2.43 bits per heavy atom. The van der Waals surface area contributed by atoms with Gasteiger partial charge in [-0.3, -0.25) is 0 Å². The van der Waals surface area contributed by atoms with Crippen molar-refractivity contribution in [3.8, 4) is 11.5 Å². The first-order valence-electron chi connectivity index (χ1n) is 15.5. The summed E-state index contributed by atoms with van der Waals surface area (Å²) in [6, 6.07) is 20.0. The van der Waals surface area contributed by atoms with Crippen LogP contribution in [0.4, 0.5) is 5.69 Å². The van der Waals surface area contributed by atoms with E-state index >= 15 is 0 Å². The number of aryl methyl sites for hydroxylation is 1. The summed E-state index contributed by atoms with van der Waals surface area (Å²) < 4.78 is 22.9. The van der Waals surface area contributed by atoms with Crippen LogP contribution in [0, 0.1) is 12.8 Å². The van der Waals surface area contributed by atoms with Gasteiger partial charge in [0.15, 0.2) is 0 Å². The van der Waals surface area contributed by atoms with Crippen molar-refractivity contribution in [3.63, 3.8) is 0 Å². The van der Waals surface area contributed by atoms with E-state index in [1.54, 1.807) is 7.11 Å². The van der Waals surface area contributed by atoms with E-state index in [4.69, 9.17) is 30.5 Å². The van der Waals surface area contributed by atoms with E-state index < -0.39 is 5.54 Å². The van der Waals surface area contributed by atoms with Crippen LogP contribution in [0.2, 0.25) is 5.02 Å². The van der Waals surface area contributed by atoms with Gasteiger partial charge in [0.05, 0.1) is 27.4 Å².